The first-order valence-electron chi connectivity index (χ1n) is 7.87. The Morgan fingerprint density at radius 2 is 1.76 bits per heavy atom. The summed E-state index contributed by atoms with van der Waals surface area (Å²) in [6, 6.07) is 10.1. The van der Waals surface area contributed by atoms with Gasteiger partial charge in [-0.3, -0.25) is 9.69 Å². The number of carbonyl (C=O) groups excluding carboxylic acids is 1. The maximum Gasteiger partial charge on any atom is 0.239 e. The zero-order valence-corrected chi connectivity index (χ0v) is 13.2. The van der Waals surface area contributed by atoms with Crippen molar-refractivity contribution < 1.29 is 4.79 Å². The fourth-order valence-electron chi connectivity index (χ4n) is 2.81. The Hall–Kier alpha value is -1.39. The first kappa shape index (κ1) is 16.0. The van der Waals surface area contributed by atoms with Gasteiger partial charge in [0.15, 0.2) is 0 Å². The minimum atomic E-state index is -0.342. The summed E-state index contributed by atoms with van der Waals surface area (Å²) in [6.45, 7) is 8.59. The molecule has 1 aromatic carbocycles. The second-order valence-corrected chi connectivity index (χ2v) is 6.32. The molecule has 1 aliphatic heterocycles. The molecule has 21 heavy (non-hydrogen) atoms. The quantitative estimate of drug-likeness (QED) is 0.897. The van der Waals surface area contributed by atoms with Crippen LogP contribution in [0.25, 0.3) is 0 Å². The average Bonchev–Trinajstić information content (AvgIpc) is 2.47. The molecule has 1 aliphatic rings. The van der Waals surface area contributed by atoms with Gasteiger partial charge in [-0.2, -0.15) is 0 Å². The van der Waals surface area contributed by atoms with E-state index in [2.05, 4.69) is 43.0 Å². The number of benzene rings is 1. The van der Waals surface area contributed by atoms with Crippen LogP contribution in [-0.2, 0) is 11.3 Å². The summed E-state index contributed by atoms with van der Waals surface area (Å²) in [5, 5.41) is 0. The summed E-state index contributed by atoms with van der Waals surface area (Å²) in [6.07, 6.45) is 0.767. The van der Waals surface area contributed by atoms with E-state index >= 15 is 0 Å². The Morgan fingerprint density at radius 1 is 1.14 bits per heavy atom. The van der Waals surface area contributed by atoms with Crippen molar-refractivity contribution in [2.75, 3.05) is 26.2 Å². The molecule has 0 saturated carbocycles. The van der Waals surface area contributed by atoms with E-state index in [4.69, 9.17) is 5.73 Å². The standard InChI is InChI=1S/C17H27N3O/c1-14(2)12-16(18)17(21)20-10-8-19(9-11-20)13-15-6-4-3-5-7-15/h3-7,14,16H,8-13,18H2,1-2H3/t16-/m1/s1. The summed E-state index contributed by atoms with van der Waals surface area (Å²) >= 11 is 0. The molecule has 1 amide bonds. The van der Waals surface area contributed by atoms with Gasteiger partial charge >= 0.3 is 0 Å². The highest BCUT2D eigenvalue weighted by Crippen LogP contribution is 2.11. The third kappa shape index (κ3) is 4.83. The topological polar surface area (TPSA) is 49.6 Å². The van der Waals surface area contributed by atoms with Crippen LogP contribution >= 0.6 is 0 Å². The zero-order chi connectivity index (χ0) is 15.2. The second-order valence-electron chi connectivity index (χ2n) is 6.32. The van der Waals surface area contributed by atoms with Crippen molar-refractivity contribution >= 4 is 5.91 Å². The maximum atomic E-state index is 12.3. The summed E-state index contributed by atoms with van der Waals surface area (Å²) in [5.41, 5.74) is 7.33. The van der Waals surface area contributed by atoms with E-state index in [1.54, 1.807) is 0 Å². The van der Waals surface area contributed by atoms with Crippen molar-refractivity contribution in [3.8, 4) is 0 Å². The van der Waals surface area contributed by atoms with Crippen molar-refractivity contribution in [2.24, 2.45) is 11.7 Å². The van der Waals surface area contributed by atoms with Crippen LogP contribution in [0, 0.1) is 5.92 Å². The molecule has 1 atom stereocenters. The molecule has 0 aromatic heterocycles. The number of rotatable bonds is 5. The van der Waals surface area contributed by atoms with E-state index in [0.717, 1.165) is 39.1 Å². The molecule has 0 spiro atoms. The Morgan fingerprint density at radius 3 is 2.33 bits per heavy atom. The Balaban J connectivity index is 1.79. The third-order valence-electron chi connectivity index (χ3n) is 3.98. The molecule has 1 fully saturated rings. The zero-order valence-electron chi connectivity index (χ0n) is 13.2. The van der Waals surface area contributed by atoms with Crippen LogP contribution in [0.3, 0.4) is 0 Å². The van der Waals surface area contributed by atoms with Crippen molar-refractivity contribution in [2.45, 2.75) is 32.9 Å². The monoisotopic (exact) mass is 289 g/mol. The predicted molar refractivity (Wildman–Crippen MR) is 85.7 cm³/mol. The lowest BCUT2D eigenvalue weighted by molar-refractivity contribution is -0.134. The predicted octanol–water partition coefficient (Wildman–Crippen LogP) is 1.70. The molecule has 0 bridgehead atoms. The van der Waals surface area contributed by atoms with E-state index in [9.17, 15) is 4.79 Å². The molecule has 4 nitrogen and oxygen atoms in total. The lowest BCUT2D eigenvalue weighted by atomic mass is 10.0. The number of carbonyl (C=O) groups is 1. The van der Waals surface area contributed by atoms with Crippen LogP contribution < -0.4 is 5.73 Å². The highest BCUT2D eigenvalue weighted by atomic mass is 16.2. The fourth-order valence-corrected chi connectivity index (χ4v) is 2.81. The van der Waals surface area contributed by atoms with Gasteiger partial charge < -0.3 is 10.6 Å². The molecule has 1 saturated heterocycles. The first-order valence-corrected chi connectivity index (χ1v) is 7.87. The highest BCUT2D eigenvalue weighted by Gasteiger charge is 2.25. The summed E-state index contributed by atoms with van der Waals surface area (Å²) in [7, 11) is 0. The Kier molecular flexibility index (Phi) is 5.76. The second kappa shape index (κ2) is 7.57. The lowest BCUT2D eigenvalue weighted by Gasteiger charge is -2.36. The van der Waals surface area contributed by atoms with Gasteiger partial charge in [-0.05, 0) is 17.9 Å². The molecule has 0 aliphatic carbocycles. The van der Waals surface area contributed by atoms with Gasteiger partial charge in [0.2, 0.25) is 5.91 Å². The molecule has 0 radical (unpaired) electrons. The third-order valence-corrected chi connectivity index (χ3v) is 3.98. The van der Waals surface area contributed by atoms with Crippen LogP contribution in [0.4, 0.5) is 0 Å². The van der Waals surface area contributed by atoms with Crippen molar-refractivity contribution in [3.63, 3.8) is 0 Å². The van der Waals surface area contributed by atoms with Crippen LogP contribution in [0.1, 0.15) is 25.8 Å². The van der Waals surface area contributed by atoms with Gasteiger partial charge in [0, 0.05) is 32.7 Å². The van der Waals surface area contributed by atoms with Crippen LogP contribution in [0.15, 0.2) is 30.3 Å². The number of nitrogens with zero attached hydrogens (tertiary/aromatic N) is 2. The molecule has 1 heterocycles. The Labute approximate surface area is 127 Å². The number of amides is 1. The van der Waals surface area contributed by atoms with Gasteiger partial charge in [-0.1, -0.05) is 44.2 Å². The van der Waals surface area contributed by atoms with E-state index in [-0.39, 0.29) is 11.9 Å². The molecular weight excluding hydrogens is 262 g/mol. The maximum absolute atomic E-state index is 12.3. The number of hydrogen-bond donors (Lipinski definition) is 1. The van der Waals surface area contributed by atoms with Gasteiger partial charge in [0.25, 0.3) is 0 Å². The molecule has 2 N–H and O–H groups in total. The molecule has 1 aromatic rings. The molecule has 0 unspecified atom stereocenters. The van der Waals surface area contributed by atoms with Gasteiger partial charge in [-0.15, -0.1) is 0 Å². The van der Waals surface area contributed by atoms with Crippen molar-refractivity contribution in [1.82, 2.24) is 9.80 Å². The number of piperazine rings is 1. The van der Waals surface area contributed by atoms with Crippen LogP contribution in [-0.4, -0.2) is 47.9 Å². The molecule has 4 heteroatoms. The number of hydrogen-bond acceptors (Lipinski definition) is 3. The lowest BCUT2D eigenvalue weighted by Crippen LogP contribution is -2.53. The smallest absolute Gasteiger partial charge is 0.239 e. The normalized spacial score (nSPS) is 18.0. The van der Waals surface area contributed by atoms with E-state index in [1.165, 1.54) is 5.56 Å². The van der Waals surface area contributed by atoms with Gasteiger partial charge in [0.1, 0.15) is 0 Å². The largest absolute Gasteiger partial charge is 0.339 e. The first-order chi connectivity index (χ1) is 10.1. The fraction of sp³-hybridized carbons (Fsp3) is 0.588. The van der Waals surface area contributed by atoms with Crippen LogP contribution in [0.2, 0.25) is 0 Å². The molecule has 2 rings (SSSR count). The SMILES string of the molecule is CC(C)C[C@@H](N)C(=O)N1CCN(Cc2ccccc2)CC1. The van der Waals surface area contributed by atoms with Crippen molar-refractivity contribution in [1.29, 1.82) is 0 Å². The van der Waals surface area contributed by atoms with Crippen LogP contribution in [0.5, 0.6) is 0 Å². The number of nitrogens with two attached hydrogens (primary N) is 1. The molecular formula is C17H27N3O. The van der Waals surface area contributed by atoms with Gasteiger partial charge in [0.05, 0.1) is 6.04 Å². The summed E-state index contributed by atoms with van der Waals surface area (Å²) < 4.78 is 0. The Bertz CT molecular complexity index is 439. The van der Waals surface area contributed by atoms with E-state index in [0.29, 0.717) is 5.92 Å². The van der Waals surface area contributed by atoms with Gasteiger partial charge in [-0.25, -0.2) is 0 Å². The van der Waals surface area contributed by atoms with E-state index < -0.39 is 0 Å². The molecule has 116 valence electrons. The summed E-state index contributed by atoms with van der Waals surface area (Å²) in [5.74, 6) is 0.575. The van der Waals surface area contributed by atoms with E-state index in [1.807, 2.05) is 11.0 Å². The minimum absolute atomic E-state index is 0.114. The minimum Gasteiger partial charge on any atom is -0.339 e. The highest BCUT2D eigenvalue weighted by molar-refractivity contribution is 5.81. The average molecular weight is 289 g/mol. The van der Waals surface area contributed by atoms with Crippen molar-refractivity contribution in [3.05, 3.63) is 35.9 Å². The summed E-state index contributed by atoms with van der Waals surface area (Å²) in [4.78, 5) is 16.6.